The molecule has 5 nitrogen and oxygen atoms in total. The van der Waals surface area contributed by atoms with Crippen LogP contribution in [0.2, 0.25) is 0 Å². The first kappa shape index (κ1) is 13.7. The highest BCUT2D eigenvalue weighted by atomic mass is 16.7. The molecule has 0 spiro atoms. The van der Waals surface area contributed by atoms with Crippen LogP contribution in [0.5, 0.6) is 11.5 Å². The van der Waals surface area contributed by atoms with E-state index >= 15 is 0 Å². The predicted octanol–water partition coefficient (Wildman–Crippen LogP) is 2.00. The lowest BCUT2D eigenvalue weighted by atomic mass is 10.1. The molecule has 1 aliphatic heterocycles. The number of nitrogens with one attached hydrogen (secondary N) is 1. The molecule has 19 heavy (non-hydrogen) atoms. The molecule has 1 aromatic rings. The van der Waals surface area contributed by atoms with E-state index in [2.05, 4.69) is 5.32 Å². The third kappa shape index (κ3) is 2.81. The minimum absolute atomic E-state index is 0.00512. The quantitative estimate of drug-likeness (QED) is 0.903. The Morgan fingerprint density at radius 3 is 2.58 bits per heavy atom. The van der Waals surface area contributed by atoms with Gasteiger partial charge in [0.2, 0.25) is 12.7 Å². The number of nitrogens with zero attached hydrogens (tertiary/aromatic N) is 1. The molecule has 0 radical (unpaired) electrons. The van der Waals surface area contributed by atoms with Crippen LogP contribution in [0, 0.1) is 6.92 Å². The van der Waals surface area contributed by atoms with Crippen LogP contribution in [-0.2, 0) is 4.79 Å². The van der Waals surface area contributed by atoms with E-state index in [9.17, 15) is 4.79 Å². The summed E-state index contributed by atoms with van der Waals surface area (Å²) in [6, 6.07) is 3.57. The molecule has 5 heteroatoms. The molecule has 2 rings (SSSR count). The fourth-order valence-corrected chi connectivity index (χ4v) is 2.18. The van der Waals surface area contributed by atoms with Gasteiger partial charge in [-0.15, -0.1) is 0 Å². The molecular formula is C14H20N2O3. The number of amides is 1. The van der Waals surface area contributed by atoms with Gasteiger partial charge in [0.05, 0.1) is 6.04 Å². The highest BCUT2D eigenvalue weighted by molar-refractivity contribution is 5.95. The van der Waals surface area contributed by atoms with Crippen molar-refractivity contribution in [3.05, 3.63) is 17.7 Å². The molecular weight excluding hydrogens is 244 g/mol. The first-order chi connectivity index (χ1) is 9.02. The van der Waals surface area contributed by atoms with Crippen LogP contribution in [0.25, 0.3) is 0 Å². The Bertz CT molecular complexity index is 486. The largest absolute Gasteiger partial charge is 0.454 e. The summed E-state index contributed by atoms with van der Waals surface area (Å²) in [5, 5.41) is 2.96. The monoisotopic (exact) mass is 264 g/mol. The maximum Gasteiger partial charge on any atom is 0.241 e. The van der Waals surface area contributed by atoms with E-state index in [0.717, 1.165) is 23.4 Å². The summed E-state index contributed by atoms with van der Waals surface area (Å²) in [5.41, 5.74) is 1.74. The number of anilines is 1. The highest BCUT2D eigenvalue weighted by Gasteiger charge is 2.21. The van der Waals surface area contributed by atoms with E-state index < -0.39 is 0 Å². The molecule has 104 valence electrons. The van der Waals surface area contributed by atoms with Gasteiger partial charge in [0.25, 0.3) is 0 Å². The van der Waals surface area contributed by atoms with Gasteiger partial charge in [0.1, 0.15) is 0 Å². The van der Waals surface area contributed by atoms with Crippen molar-refractivity contribution < 1.29 is 14.3 Å². The molecule has 1 amide bonds. The summed E-state index contributed by atoms with van der Waals surface area (Å²) in [6.45, 7) is 4.17. The summed E-state index contributed by atoms with van der Waals surface area (Å²) in [7, 11) is 3.81. The molecule has 0 saturated heterocycles. The molecule has 1 aromatic carbocycles. The number of fused-ring (bicyclic) bond motifs is 1. The van der Waals surface area contributed by atoms with Crippen LogP contribution in [0.3, 0.4) is 0 Å². The summed E-state index contributed by atoms with van der Waals surface area (Å²) in [6.07, 6.45) is 0.766. The molecule has 0 bridgehead atoms. The number of ether oxygens (including phenoxy) is 2. The normalized spacial score (nSPS) is 14.6. The van der Waals surface area contributed by atoms with Crippen molar-refractivity contribution in [1.82, 2.24) is 4.90 Å². The number of carbonyl (C=O) groups excluding carboxylic acids is 1. The first-order valence-corrected chi connectivity index (χ1v) is 6.40. The number of hydrogen-bond donors (Lipinski definition) is 1. The van der Waals surface area contributed by atoms with E-state index in [-0.39, 0.29) is 18.7 Å². The fourth-order valence-electron chi connectivity index (χ4n) is 2.18. The van der Waals surface area contributed by atoms with Crippen molar-refractivity contribution in [3.63, 3.8) is 0 Å². The number of hydrogen-bond acceptors (Lipinski definition) is 4. The topological polar surface area (TPSA) is 50.8 Å². The minimum Gasteiger partial charge on any atom is -0.454 e. The van der Waals surface area contributed by atoms with Gasteiger partial charge in [-0.25, -0.2) is 0 Å². The molecule has 1 heterocycles. The summed E-state index contributed by atoms with van der Waals surface area (Å²) in [4.78, 5) is 14.1. The van der Waals surface area contributed by atoms with Gasteiger partial charge >= 0.3 is 0 Å². The van der Waals surface area contributed by atoms with Crippen LogP contribution in [0.4, 0.5) is 5.69 Å². The number of carbonyl (C=O) groups is 1. The second kappa shape index (κ2) is 5.48. The number of benzene rings is 1. The van der Waals surface area contributed by atoms with Crippen LogP contribution in [0.15, 0.2) is 12.1 Å². The molecule has 1 N–H and O–H groups in total. The van der Waals surface area contributed by atoms with Crippen molar-refractivity contribution in [1.29, 1.82) is 0 Å². The zero-order valence-electron chi connectivity index (χ0n) is 11.8. The molecule has 0 aliphatic carbocycles. The minimum atomic E-state index is -0.134. The molecule has 0 aromatic heterocycles. The lowest BCUT2D eigenvalue weighted by Gasteiger charge is -2.22. The van der Waals surface area contributed by atoms with Crippen molar-refractivity contribution in [3.8, 4) is 11.5 Å². The van der Waals surface area contributed by atoms with Gasteiger partial charge < -0.3 is 14.8 Å². The van der Waals surface area contributed by atoms with E-state index in [1.165, 1.54) is 0 Å². The molecule has 1 aliphatic rings. The second-order valence-corrected chi connectivity index (χ2v) is 4.90. The Labute approximate surface area is 113 Å². The lowest BCUT2D eigenvalue weighted by molar-refractivity contribution is -0.120. The molecule has 0 saturated carbocycles. The Balaban J connectivity index is 2.17. The third-order valence-corrected chi connectivity index (χ3v) is 3.29. The predicted molar refractivity (Wildman–Crippen MR) is 73.7 cm³/mol. The summed E-state index contributed by atoms with van der Waals surface area (Å²) in [5.74, 6) is 1.41. The van der Waals surface area contributed by atoms with Crippen molar-refractivity contribution >= 4 is 11.6 Å². The standard InChI is InChI=1S/C14H20N2O3/c1-5-11(16(3)4)14(17)15-10-7-13-12(6-9(10)2)18-8-19-13/h6-7,11H,5,8H2,1-4H3,(H,15,17). The average molecular weight is 264 g/mol. The maximum atomic E-state index is 12.2. The van der Waals surface area contributed by atoms with E-state index in [0.29, 0.717) is 5.75 Å². The van der Waals surface area contributed by atoms with E-state index in [1.807, 2.05) is 45.0 Å². The summed E-state index contributed by atoms with van der Waals surface area (Å²) >= 11 is 0. The van der Waals surface area contributed by atoms with Crippen LogP contribution in [0.1, 0.15) is 18.9 Å². The van der Waals surface area contributed by atoms with Gasteiger partial charge in [0, 0.05) is 11.8 Å². The Kier molecular flexibility index (Phi) is 3.95. The van der Waals surface area contributed by atoms with Crippen molar-refractivity contribution in [2.24, 2.45) is 0 Å². The second-order valence-electron chi connectivity index (χ2n) is 4.90. The molecule has 1 atom stereocenters. The van der Waals surface area contributed by atoms with Gasteiger partial charge in [-0.05, 0) is 39.1 Å². The number of likely N-dealkylation sites (N-methyl/N-ethyl adjacent to an activating group) is 1. The maximum absolute atomic E-state index is 12.2. The number of aryl methyl sites for hydroxylation is 1. The fraction of sp³-hybridized carbons (Fsp3) is 0.500. The van der Waals surface area contributed by atoms with Crippen molar-refractivity contribution in [2.45, 2.75) is 26.3 Å². The third-order valence-electron chi connectivity index (χ3n) is 3.29. The van der Waals surface area contributed by atoms with Gasteiger partial charge in [-0.1, -0.05) is 6.92 Å². The SMILES string of the molecule is CCC(C(=O)Nc1cc2c(cc1C)OCO2)N(C)C. The van der Waals surface area contributed by atoms with Crippen LogP contribution < -0.4 is 14.8 Å². The number of rotatable bonds is 4. The lowest BCUT2D eigenvalue weighted by Crippen LogP contribution is -2.39. The average Bonchev–Trinajstić information content (AvgIpc) is 2.76. The van der Waals surface area contributed by atoms with Gasteiger partial charge in [0.15, 0.2) is 11.5 Å². The van der Waals surface area contributed by atoms with Gasteiger partial charge in [-0.2, -0.15) is 0 Å². The highest BCUT2D eigenvalue weighted by Crippen LogP contribution is 2.36. The zero-order chi connectivity index (χ0) is 14.0. The molecule has 0 fully saturated rings. The van der Waals surface area contributed by atoms with E-state index in [4.69, 9.17) is 9.47 Å². The smallest absolute Gasteiger partial charge is 0.241 e. The zero-order valence-corrected chi connectivity index (χ0v) is 11.8. The van der Waals surface area contributed by atoms with Crippen molar-refractivity contribution in [2.75, 3.05) is 26.2 Å². The Morgan fingerprint density at radius 1 is 1.37 bits per heavy atom. The summed E-state index contributed by atoms with van der Waals surface area (Å²) < 4.78 is 10.6. The van der Waals surface area contributed by atoms with Crippen LogP contribution >= 0.6 is 0 Å². The Hall–Kier alpha value is -1.75. The van der Waals surface area contributed by atoms with Gasteiger partial charge in [-0.3, -0.25) is 9.69 Å². The molecule has 1 unspecified atom stereocenters. The first-order valence-electron chi connectivity index (χ1n) is 6.40. The Morgan fingerprint density at radius 2 is 2.00 bits per heavy atom. The van der Waals surface area contributed by atoms with E-state index in [1.54, 1.807) is 0 Å². The van der Waals surface area contributed by atoms with Crippen LogP contribution in [-0.4, -0.2) is 37.7 Å².